The van der Waals surface area contributed by atoms with Crippen molar-refractivity contribution in [3.63, 3.8) is 0 Å². The summed E-state index contributed by atoms with van der Waals surface area (Å²) in [5.74, 6) is 2.36. The minimum absolute atomic E-state index is 0.0953. The number of nitrogens with zero attached hydrogens (tertiary/aromatic N) is 5. The Bertz CT molecular complexity index is 769. The number of morpholine rings is 1. The maximum atomic E-state index is 5.54. The number of hydrogen-bond acceptors (Lipinski definition) is 9. The molecule has 0 unspecified atom stereocenters. The Kier molecular flexibility index (Phi) is 3.90. The van der Waals surface area contributed by atoms with Crippen molar-refractivity contribution in [2.75, 3.05) is 19.8 Å². The van der Waals surface area contributed by atoms with Gasteiger partial charge in [0.25, 0.3) is 0 Å². The Labute approximate surface area is 136 Å². The van der Waals surface area contributed by atoms with Gasteiger partial charge in [0.15, 0.2) is 5.82 Å². The molecule has 4 rings (SSSR count). The summed E-state index contributed by atoms with van der Waals surface area (Å²) in [6, 6.07) is 3.84. The molecule has 120 valence electrons. The van der Waals surface area contributed by atoms with E-state index in [-0.39, 0.29) is 6.04 Å². The van der Waals surface area contributed by atoms with Crippen LogP contribution in [0.1, 0.15) is 23.6 Å². The van der Waals surface area contributed by atoms with Gasteiger partial charge in [0, 0.05) is 6.54 Å². The van der Waals surface area contributed by atoms with Gasteiger partial charge in [-0.05, 0) is 18.4 Å². The van der Waals surface area contributed by atoms with E-state index in [4.69, 9.17) is 13.8 Å². The Morgan fingerprint density at radius 3 is 3.04 bits per heavy atom. The summed E-state index contributed by atoms with van der Waals surface area (Å²) in [7, 11) is 0. The van der Waals surface area contributed by atoms with E-state index in [2.05, 4.69) is 25.2 Å². The highest BCUT2D eigenvalue weighted by Crippen LogP contribution is 2.26. The average molecular weight is 333 g/mol. The summed E-state index contributed by atoms with van der Waals surface area (Å²) in [4.78, 5) is 11.9. The second kappa shape index (κ2) is 6.19. The number of rotatable bonds is 4. The molecule has 0 bridgehead atoms. The van der Waals surface area contributed by atoms with E-state index in [0.29, 0.717) is 43.2 Å². The highest BCUT2D eigenvalue weighted by molar-refractivity contribution is 7.13. The van der Waals surface area contributed by atoms with Crippen LogP contribution < -0.4 is 0 Å². The van der Waals surface area contributed by atoms with Gasteiger partial charge in [-0.1, -0.05) is 16.4 Å². The largest absolute Gasteiger partial charge is 0.378 e. The molecule has 0 spiro atoms. The number of hydrogen-bond donors (Lipinski definition) is 0. The Morgan fingerprint density at radius 1 is 1.30 bits per heavy atom. The smallest absolute Gasteiger partial charge is 0.246 e. The zero-order valence-electron chi connectivity index (χ0n) is 12.5. The maximum Gasteiger partial charge on any atom is 0.246 e. The molecule has 23 heavy (non-hydrogen) atoms. The lowest BCUT2D eigenvalue weighted by molar-refractivity contribution is -0.0279. The number of aromatic nitrogens is 4. The minimum atomic E-state index is -0.0953. The predicted octanol–water partition coefficient (Wildman–Crippen LogP) is 2.06. The topological polar surface area (TPSA) is 90.3 Å². The summed E-state index contributed by atoms with van der Waals surface area (Å²) >= 11 is 1.58. The van der Waals surface area contributed by atoms with Gasteiger partial charge in [-0.2, -0.15) is 9.97 Å². The number of aryl methyl sites for hydroxylation is 1. The first kappa shape index (κ1) is 14.5. The van der Waals surface area contributed by atoms with Gasteiger partial charge in [-0.25, -0.2) is 0 Å². The molecule has 0 radical (unpaired) electrons. The van der Waals surface area contributed by atoms with Crippen LogP contribution >= 0.6 is 11.3 Å². The lowest BCUT2D eigenvalue weighted by Crippen LogP contribution is -2.39. The van der Waals surface area contributed by atoms with Crippen molar-refractivity contribution < 1.29 is 13.8 Å². The second-order valence-electron chi connectivity index (χ2n) is 5.23. The van der Waals surface area contributed by atoms with Crippen LogP contribution in [0.15, 0.2) is 26.6 Å². The van der Waals surface area contributed by atoms with Crippen molar-refractivity contribution in [2.45, 2.75) is 19.5 Å². The second-order valence-corrected chi connectivity index (χ2v) is 6.18. The molecule has 0 aromatic carbocycles. The molecular formula is C14H15N5O3S. The van der Waals surface area contributed by atoms with E-state index in [1.165, 1.54) is 0 Å². The van der Waals surface area contributed by atoms with E-state index in [1.807, 2.05) is 17.5 Å². The first-order chi connectivity index (χ1) is 11.3. The molecule has 3 aromatic heterocycles. The molecule has 1 atom stereocenters. The van der Waals surface area contributed by atoms with Crippen molar-refractivity contribution >= 4 is 11.3 Å². The highest BCUT2D eigenvalue weighted by Gasteiger charge is 2.30. The molecular weight excluding hydrogens is 318 g/mol. The maximum absolute atomic E-state index is 5.54. The fourth-order valence-corrected chi connectivity index (χ4v) is 3.15. The van der Waals surface area contributed by atoms with E-state index in [0.717, 1.165) is 11.4 Å². The first-order valence-electron chi connectivity index (χ1n) is 7.28. The Morgan fingerprint density at radius 2 is 2.26 bits per heavy atom. The molecule has 8 nitrogen and oxygen atoms in total. The SMILES string of the molecule is Cc1noc([C@@H]2COCCN2Cc2nc(-c3cccs3)no2)n1. The van der Waals surface area contributed by atoms with Gasteiger partial charge < -0.3 is 13.8 Å². The average Bonchev–Trinajstić information content (AvgIpc) is 3.28. The van der Waals surface area contributed by atoms with Crippen molar-refractivity contribution in [3.05, 3.63) is 35.1 Å². The third-order valence-electron chi connectivity index (χ3n) is 3.62. The minimum Gasteiger partial charge on any atom is -0.378 e. The Balaban J connectivity index is 1.52. The van der Waals surface area contributed by atoms with Crippen LogP contribution in [0.3, 0.4) is 0 Å². The molecule has 1 fully saturated rings. The summed E-state index contributed by atoms with van der Waals surface area (Å²) in [5.41, 5.74) is 0. The van der Waals surface area contributed by atoms with Crippen LogP contribution in [0.2, 0.25) is 0 Å². The fraction of sp³-hybridized carbons (Fsp3) is 0.429. The van der Waals surface area contributed by atoms with Crippen LogP contribution in [0.4, 0.5) is 0 Å². The van der Waals surface area contributed by atoms with Gasteiger partial charge >= 0.3 is 0 Å². The lowest BCUT2D eigenvalue weighted by Gasteiger charge is -2.31. The van der Waals surface area contributed by atoms with Gasteiger partial charge in [0.2, 0.25) is 17.6 Å². The quantitative estimate of drug-likeness (QED) is 0.716. The highest BCUT2D eigenvalue weighted by atomic mass is 32.1. The molecule has 1 saturated heterocycles. The molecule has 4 heterocycles. The summed E-state index contributed by atoms with van der Waals surface area (Å²) in [6.07, 6.45) is 0. The van der Waals surface area contributed by atoms with Crippen molar-refractivity contribution in [2.24, 2.45) is 0 Å². The van der Waals surface area contributed by atoms with Gasteiger partial charge in [-0.15, -0.1) is 11.3 Å². The van der Waals surface area contributed by atoms with Crippen LogP contribution in [0.5, 0.6) is 0 Å². The normalized spacial score (nSPS) is 19.3. The van der Waals surface area contributed by atoms with Crippen LogP contribution in [-0.2, 0) is 11.3 Å². The zero-order chi connectivity index (χ0) is 15.6. The molecule has 1 aliphatic rings. The zero-order valence-corrected chi connectivity index (χ0v) is 13.3. The summed E-state index contributed by atoms with van der Waals surface area (Å²) in [5, 5.41) is 9.88. The van der Waals surface area contributed by atoms with Gasteiger partial charge in [0.1, 0.15) is 6.04 Å². The third kappa shape index (κ3) is 3.03. The molecule has 3 aromatic rings. The summed E-state index contributed by atoms with van der Waals surface area (Å²) < 4.78 is 16.2. The number of ether oxygens (including phenoxy) is 1. The van der Waals surface area contributed by atoms with E-state index in [1.54, 1.807) is 18.3 Å². The van der Waals surface area contributed by atoms with E-state index >= 15 is 0 Å². The fourth-order valence-electron chi connectivity index (χ4n) is 2.50. The summed E-state index contributed by atoms with van der Waals surface area (Å²) in [6.45, 7) is 4.21. The van der Waals surface area contributed by atoms with Gasteiger partial charge in [0.05, 0.1) is 24.6 Å². The third-order valence-corrected chi connectivity index (χ3v) is 4.48. The lowest BCUT2D eigenvalue weighted by atomic mass is 10.2. The molecule has 9 heteroatoms. The predicted molar refractivity (Wildman–Crippen MR) is 80.6 cm³/mol. The molecule has 0 amide bonds. The standard InChI is InChI=1S/C14H15N5O3S/c1-9-15-14(22-17-9)10-8-20-5-4-19(10)7-12-16-13(18-21-12)11-3-2-6-23-11/h2-3,6,10H,4-5,7-8H2,1H3/t10-/m0/s1. The van der Waals surface area contributed by atoms with Crippen molar-refractivity contribution in [1.82, 2.24) is 25.2 Å². The number of thiophene rings is 1. The molecule has 0 N–H and O–H groups in total. The van der Waals surface area contributed by atoms with Crippen molar-refractivity contribution in [3.8, 4) is 10.7 Å². The Hall–Kier alpha value is -2.10. The molecule has 1 aliphatic heterocycles. The van der Waals surface area contributed by atoms with Crippen LogP contribution in [0, 0.1) is 6.92 Å². The van der Waals surface area contributed by atoms with Crippen molar-refractivity contribution in [1.29, 1.82) is 0 Å². The van der Waals surface area contributed by atoms with Gasteiger partial charge in [-0.3, -0.25) is 4.90 Å². The van der Waals surface area contributed by atoms with Crippen LogP contribution in [0.25, 0.3) is 10.7 Å². The van der Waals surface area contributed by atoms with E-state index in [9.17, 15) is 0 Å². The van der Waals surface area contributed by atoms with Crippen LogP contribution in [-0.4, -0.2) is 44.9 Å². The van der Waals surface area contributed by atoms with E-state index < -0.39 is 0 Å². The molecule has 0 saturated carbocycles. The first-order valence-corrected chi connectivity index (χ1v) is 8.16. The molecule has 0 aliphatic carbocycles. The monoisotopic (exact) mass is 333 g/mol.